The lowest BCUT2D eigenvalue weighted by Gasteiger charge is -2.29. The summed E-state index contributed by atoms with van der Waals surface area (Å²) in [7, 11) is 0. The minimum Gasteiger partial charge on any atom is -0.480 e. The molecule has 0 bridgehead atoms. The number of ether oxygens (including phenoxy) is 1. The van der Waals surface area contributed by atoms with Crippen LogP contribution in [0, 0.1) is 0 Å². The minimum absolute atomic E-state index is 0.0704. The van der Waals surface area contributed by atoms with Crippen molar-refractivity contribution in [2.45, 2.75) is 32.4 Å². The summed E-state index contributed by atoms with van der Waals surface area (Å²) in [6.07, 6.45) is -0.681. The van der Waals surface area contributed by atoms with Gasteiger partial charge in [-0.3, -0.25) is 0 Å². The van der Waals surface area contributed by atoms with E-state index in [1.807, 2.05) is 13.8 Å². The number of aliphatic carboxylic acids is 1. The number of carbonyl (C=O) groups excluding carboxylic acids is 1. The molecule has 1 heterocycles. The van der Waals surface area contributed by atoms with Crippen LogP contribution in [-0.2, 0) is 9.53 Å². The van der Waals surface area contributed by atoms with Crippen LogP contribution >= 0.6 is 0 Å². The Morgan fingerprint density at radius 1 is 1.42 bits per heavy atom. The van der Waals surface area contributed by atoms with E-state index in [0.29, 0.717) is 26.3 Å². The molecule has 0 saturated carbocycles. The van der Waals surface area contributed by atoms with Gasteiger partial charge in [0, 0.05) is 32.7 Å². The van der Waals surface area contributed by atoms with Crippen molar-refractivity contribution in [3.8, 4) is 0 Å². The standard InChI is InChI=1S/C12H22N2O5/c1-3-13(5-6-19-4-2)12(18)14-8-9(15)7-10(14)11(16)17/h9-10,15H,3-8H2,1-2H3,(H,16,17)/t9-,10-/m0/s1. The van der Waals surface area contributed by atoms with E-state index >= 15 is 0 Å². The number of urea groups is 1. The zero-order chi connectivity index (χ0) is 14.4. The fourth-order valence-corrected chi connectivity index (χ4v) is 2.15. The number of amides is 2. The highest BCUT2D eigenvalue weighted by molar-refractivity contribution is 5.83. The Labute approximate surface area is 112 Å². The Morgan fingerprint density at radius 2 is 2.11 bits per heavy atom. The maximum atomic E-state index is 12.3. The summed E-state index contributed by atoms with van der Waals surface area (Å²) in [5, 5.41) is 18.6. The monoisotopic (exact) mass is 274 g/mol. The molecule has 0 aromatic carbocycles. The number of carboxylic acids is 1. The van der Waals surface area contributed by atoms with E-state index in [4.69, 9.17) is 9.84 Å². The molecule has 0 unspecified atom stereocenters. The Balaban J connectivity index is 2.64. The zero-order valence-corrected chi connectivity index (χ0v) is 11.4. The van der Waals surface area contributed by atoms with Gasteiger partial charge in [0.15, 0.2) is 0 Å². The summed E-state index contributed by atoms with van der Waals surface area (Å²) in [4.78, 5) is 26.1. The summed E-state index contributed by atoms with van der Waals surface area (Å²) in [6, 6.07) is -1.30. The van der Waals surface area contributed by atoms with Gasteiger partial charge < -0.3 is 24.7 Å². The summed E-state index contributed by atoms with van der Waals surface area (Å²) < 4.78 is 5.20. The number of aliphatic hydroxyl groups excluding tert-OH is 1. The van der Waals surface area contributed by atoms with Gasteiger partial charge in [-0.2, -0.15) is 0 Å². The highest BCUT2D eigenvalue weighted by Crippen LogP contribution is 2.19. The lowest BCUT2D eigenvalue weighted by atomic mass is 10.2. The topological polar surface area (TPSA) is 90.3 Å². The van der Waals surface area contributed by atoms with Gasteiger partial charge in [0.05, 0.1) is 12.7 Å². The average molecular weight is 274 g/mol. The molecule has 1 fully saturated rings. The highest BCUT2D eigenvalue weighted by atomic mass is 16.5. The molecule has 7 nitrogen and oxygen atoms in total. The molecule has 0 aliphatic carbocycles. The van der Waals surface area contributed by atoms with Crippen molar-refractivity contribution < 1.29 is 24.5 Å². The molecule has 1 aliphatic rings. The molecule has 0 aromatic rings. The van der Waals surface area contributed by atoms with Crippen LogP contribution in [0.25, 0.3) is 0 Å². The third-order valence-electron chi connectivity index (χ3n) is 3.17. The van der Waals surface area contributed by atoms with E-state index in [2.05, 4.69) is 0 Å². The number of rotatable bonds is 6. The van der Waals surface area contributed by atoms with Crippen molar-refractivity contribution in [2.75, 3.05) is 32.8 Å². The molecule has 1 aliphatic heterocycles. The lowest BCUT2D eigenvalue weighted by molar-refractivity contribution is -0.141. The zero-order valence-electron chi connectivity index (χ0n) is 11.4. The largest absolute Gasteiger partial charge is 0.480 e. The number of aliphatic hydroxyl groups is 1. The first-order valence-corrected chi connectivity index (χ1v) is 6.55. The van der Waals surface area contributed by atoms with Gasteiger partial charge in [-0.05, 0) is 13.8 Å². The van der Waals surface area contributed by atoms with Crippen molar-refractivity contribution in [1.82, 2.24) is 9.80 Å². The molecule has 0 spiro atoms. The first-order valence-electron chi connectivity index (χ1n) is 6.55. The summed E-state index contributed by atoms with van der Waals surface area (Å²) in [5.74, 6) is -1.08. The van der Waals surface area contributed by atoms with E-state index in [9.17, 15) is 14.7 Å². The van der Waals surface area contributed by atoms with Gasteiger partial charge in [-0.1, -0.05) is 0 Å². The fraction of sp³-hybridized carbons (Fsp3) is 0.833. The quantitative estimate of drug-likeness (QED) is 0.665. The predicted molar refractivity (Wildman–Crippen MR) is 67.9 cm³/mol. The molecular weight excluding hydrogens is 252 g/mol. The van der Waals surface area contributed by atoms with Gasteiger partial charge in [-0.25, -0.2) is 9.59 Å². The predicted octanol–water partition coefficient (Wildman–Crippen LogP) is -0.0154. The van der Waals surface area contributed by atoms with Crippen LogP contribution in [0.3, 0.4) is 0 Å². The lowest BCUT2D eigenvalue weighted by Crippen LogP contribution is -2.49. The molecule has 2 atom stereocenters. The van der Waals surface area contributed by atoms with Gasteiger partial charge in [0.25, 0.3) is 0 Å². The van der Waals surface area contributed by atoms with Gasteiger partial charge in [0.2, 0.25) is 0 Å². The van der Waals surface area contributed by atoms with Crippen LogP contribution in [0.2, 0.25) is 0 Å². The Hall–Kier alpha value is -1.34. The van der Waals surface area contributed by atoms with Crippen LogP contribution in [0.15, 0.2) is 0 Å². The van der Waals surface area contributed by atoms with Crippen molar-refractivity contribution in [3.05, 3.63) is 0 Å². The fourth-order valence-electron chi connectivity index (χ4n) is 2.15. The summed E-state index contributed by atoms with van der Waals surface area (Å²) >= 11 is 0. The second kappa shape index (κ2) is 7.30. The molecule has 2 N–H and O–H groups in total. The average Bonchev–Trinajstić information content (AvgIpc) is 2.76. The molecule has 0 radical (unpaired) electrons. The number of hydrogen-bond acceptors (Lipinski definition) is 4. The number of carbonyl (C=O) groups is 2. The van der Waals surface area contributed by atoms with Crippen LogP contribution < -0.4 is 0 Å². The van der Waals surface area contributed by atoms with E-state index in [0.717, 1.165) is 0 Å². The maximum Gasteiger partial charge on any atom is 0.326 e. The number of β-amino-alcohol motifs (C(OH)–C–C–N with tert-alkyl or cyclic N) is 1. The molecule has 1 saturated heterocycles. The summed E-state index contributed by atoms with van der Waals surface area (Å²) in [6.45, 7) is 5.66. The second-order valence-corrected chi connectivity index (χ2v) is 4.46. The normalized spacial score (nSPS) is 22.6. The van der Waals surface area contributed by atoms with Crippen molar-refractivity contribution in [3.63, 3.8) is 0 Å². The second-order valence-electron chi connectivity index (χ2n) is 4.46. The van der Waals surface area contributed by atoms with Crippen molar-refractivity contribution >= 4 is 12.0 Å². The molecule has 1 rings (SSSR count). The Morgan fingerprint density at radius 3 is 2.63 bits per heavy atom. The molecule has 7 heteroatoms. The van der Waals surface area contributed by atoms with E-state index in [-0.39, 0.29) is 19.0 Å². The number of likely N-dealkylation sites (N-methyl/N-ethyl adjacent to an activating group) is 1. The molecule has 2 amide bonds. The SMILES string of the molecule is CCOCCN(CC)C(=O)N1C[C@@H](O)C[C@H]1C(=O)O. The highest BCUT2D eigenvalue weighted by Gasteiger charge is 2.40. The Kier molecular flexibility index (Phi) is 6.04. The van der Waals surface area contributed by atoms with Crippen LogP contribution in [0.5, 0.6) is 0 Å². The number of likely N-dealkylation sites (tertiary alicyclic amines) is 1. The van der Waals surface area contributed by atoms with Gasteiger partial charge in [-0.15, -0.1) is 0 Å². The van der Waals surface area contributed by atoms with E-state index in [1.165, 1.54) is 9.80 Å². The van der Waals surface area contributed by atoms with E-state index in [1.54, 1.807) is 0 Å². The maximum absolute atomic E-state index is 12.3. The smallest absolute Gasteiger partial charge is 0.326 e. The van der Waals surface area contributed by atoms with Crippen LogP contribution in [-0.4, -0.2) is 77.0 Å². The number of nitrogens with zero attached hydrogens (tertiary/aromatic N) is 2. The molecule has 19 heavy (non-hydrogen) atoms. The summed E-state index contributed by atoms with van der Waals surface area (Å²) in [5.41, 5.74) is 0. The van der Waals surface area contributed by atoms with Crippen molar-refractivity contribution in [1.29, 1.82) is 0 Å². The number of hydrogen-bond donors (Lipinski definition) is 2. The van der Waals surface area contributed by atoms with Crippen LogP contribution in [0.1, 0.15) is 20.3 Å². The van der Waals surface area contributed by atoms with Gasteiger partial charge >= 0.3 is 12.0 Å². The van der Waals surface area contributed by atoms with E-state index < -0.39 is 18.1 Å². The molecule has 110 valence electrons. The molecular formula is C12H22N2O5. The third kappa shape index (κ3) is 4.07. The number of carboxylic acid groups (broad SMARTS) is 1. The minimum atomic E-state index is -1.08. The van der Waals surface area contributed by atoms with Gasteiger partial charge in [0.1, 0.15) is 6.04 Å². The Bertz CT molecular complexity index is 323. The molecule has 0 aromatic heterocycles. The first-order chi connectivity index (χ1) is 9.01. The first kappa shape index (κ1) is 15.7. The van der Waals surface area contributed by atoms with Crippen LogP contribution in [0.4, 0.5) is 4.79 Å². The van der Waals surface area contributed by atoms with Crippen molar-refractivity contribution in [2.24, 2.45) is 0 Å². The third-order valence-corrected chi connectivity index (χ3v) is 3.17.